The molecule has 0 aliphatic carbocycles. The smallest absolute Gasteiger partial charge is 0.280 e. The Morgan fingerprint density at radius 1 is 1.50 bits per heavy atom. The number of imidazole rings is 1. The normalized spacial score (nSPS) is 11.4. The van der Waals surface area contributed by atoms with Gasteiger partial charge in [-0.15, -0.1) is 0 Å². The first-order valence-electron chi connectivity index (χ1n) is 5.39. The molecule has 0 bridgehead atoms. The summed E-state index contributed by atoms with van der Waals surface area (Å²) in [4.78, 5) is 22.2. The van der Waals surface area contributed by atoms with Gasteiger partial charge in [-0.1, -0.05) is 13.8 Å². The molecule has 0 spiro atoms. The van der Waals surface area contributed by atoms with E-state index in [0.29, 0.717) is 17.2 Å². The van der Waals surface area contributed by atoms with Gasteiger partial charge in [-0.05, 0) is 12.8 Å². The van der Waals surface area contributed by atoms with Gasteiger partial charge in [-0.25, -0.2) is 4.98 Å². The monoisotopic (exact) mass is 221 g/mol. The lowest BCUT2D eigenvalue weighted by molar-refractivity contribution is 0.480. The van der Waals surface area contributed by atoms with Gasteiger partial charge in [0.1, 0.15) is 0 Å². The number of fused-ring (bicyclic) bond motifs is 1. The summed E-state index contributed by atoms with van der Waals surface area (Å²) in [5, 5.41) is 0. The summed E-state index contributed by atoms with van der Waals surface area (Å²) in [6.45, 7) is 4.19. The summed E-state index contributed by atoms with van der Waals surface area (Å²) in [5.74, 6) is 0.130. The number of H-pyrrole nitrogens is 1. The molecule has 0 aliphatic rings. The van der Waals surface area contributed by atoms with E-state index in [0.717, 1.165) is 12.8 Å². The Hall–Kier alpha value is -1.85. The van der Waals surface area contributed by atoms with Gasteiger partial charge in [0.25, 0.3) is 5.56 Å². The lowest BCUT2D eigenvalue weighted by Crippen LogP contribution is -2.13. The number of hydrogen-bond acceptors (Lipinski definition) is 4. The number of nitrogen functional groups attached to an aromatic ring is 1. The van der Waals surface area contributed by atoms with Gasteiger partial charge in [0.05, 0.1) is 6.33 Å². The second-order valence-electron chi connectivity index (χ2n) is 3.75. The molecular weight excluding hydrogens is 206 g/mol. The van der Waals surface area contributed by atoms with Gasteiger partial charge in [0.2, 0.25) is 5.95 Å². The molecule has 2 rings (SSSR count). The average molecular weight is 221 g/mol. The number of aromatic nitrogens is 4. The maximum absolute atomic E-state index is 11.6. The quantitative estimate of drug-likeness (QED) is 0.811. The van der Waals surface area contributed by atoms with E-state index in [4.69, 9.17) is 5.73 Å². The molecule has 0 saturated carbocycles. The molecule has 2 aromatic heterocycles. The van der Waals surface area contributed by atoms with Gasteiger partial charge in [-0.3, -0.25) is 9.78 Å². The van der Waals surface area contributed by atoms with Crippen LogP contribution in [0.2, 0.25) is 0 Å². The van der Waals surface area contributed by atoms with Gasteiger partial charge >= 0.3 is 0 Å². The molecule has 6 nitrogen and oxygen atoms in total. The fourth-order valence-corrected chi connectivity index (χ4v) is 1.89. The van der Waals surface area contributed by atoms with E-state index in [1.165, 1.54) is 0 Å². The zero-order chi connectivity index (χ0) is 11.7. The Morgan fingerprint density at radius 3 is 2.81 bits per heavy atom. The minimum Gasteiger partial charge on any atom is -0.369 e. The standard InChI is InChI=1S/C10H15N5O/c1-3-6(4-2)15-5-12-7-8(15)13-10(11)14-9(7)16/h5-6H,3-4H2,1-2H3,(H3,11,13,14,16). The van der Waals surface area contributed by atoms with Crippen LogP contribution in [0.15, 0.2) is 11.1 Å². The lowest BCUT2D eigenvalue weighted by atomic mass is 10.2. The van der Waals surface area contributed by atoms with Crippen LogP contribution in [0.5, 0.6) is 0 Å². The number of nitrogens with zero attached hydrogens (tertiary/aromatic N) is 3. The molecule has 16 heavy (non-hydrogen) atoms. The highest BCUT2D eigenvalue weighted by atomic mass is 16.1. The number of rotatable bonds is 3. The third kappa shape index (κ3) is 1.56. The minimum atomic E-state index is -0.285. The van der Waals surface area contributed by atoms with E-state index >= 15 is 0 Å². The van der Waals surface area contributed by atoms with Crippen molar-refractivity contribution in [3.8, 4) is 0 Å². The van der Waals surface area contributed by atoms with Crippen molar-refractivity contribution in [1.82, 2.24) is 19.5 Å². The molecule has 6 heteroatoms. The van der Waals surface area contributed by atoms with Crippen molar-refractivity contribution < 1.29 is 0 Å². The molecule has 86 valence electrons. The fourth-order valence-electron chi connectivity index (χ4n) is 1.89. The van der Waals surface area contributed by atoms with Crippen molar-refractivity contribution in [3.05, 3.63) is 16.7 Å². The summed E-state index contributed by atoms with van der Waals surface area (Å²) >= 11 is 0. The summed E-state index contributed by atoms with van der Waals surface area (Å²) in [7, 11) is 0. The number of hydrogen-bond donors (Lipinski definition) is 2. The zero-order valence-corrected chi connectivity index (χ0v) is 9.40. The second-order valence-corrected chi connectivity index (χ2v) is 3.75. The first-order chi connectivity index (χ1) is 7.67. The Morgan fingerprint density at radius 2 is 2.19 bits per heavy atom. The highest BCUT2D eigenvalue weighted by molar-refractivity contribution is 5.70. The number of nitrogens with one attached hydrogen (secondary N) is 1. The van der Waals surface area contributed by atoms with Crippen molar-refractivity contribution in [3.63, 3.8) is 0 Å². The van der Waals surface area contributed by atoms with E-state index < -0.39 is 0 Å². The minimum absolute atomic E-state index is 0.130. The second kappa shape index (κ2) is 3.96. The van der Waals surface area contributed by atoms with E-state index in [-0.39, 0.29) is 11.5 Å². The highest BCUT2D eigenvalue weighted by Gasteiger charge is 2.14. The van der Waals surface area contributed by atoms with Crippen LogP contribution < -0.4 is 11.3 Å². The van der Waals surface area contributed by atoms with E-state index in [2.05, 4.69) is 28.8 Å². The molecule has 0 aliphatic heterocycles. The predicted octanol–water partition coefficient (Wildman–Crippen LogP) is 1.06. The maximum Gasteiger partial charge on any atom is 0.280 e. The lowest BCUT2D eigenvalue weighted by Gasteiger charge is -2.14. The van der Waals surface area contributed by atoms with E-state index in [9.17, 15) is 4.79 Å². The van der Waals surface area contributed by atoms with Gasteiger partial charge in [0.15, 0.2) is 11.2 Å². The van der Waals surface area contributed by atoms with Crippen LogP contribution in [0.25, 0.3) is 11.2 Å². The molecule has 0 radical (unpaired) electrons. The molecular formula is C10H15N5O. The number of aromatic amines is 1. The molecule has 0 unspecified atom stereocenters. The molecule has 3 N–H and O–H groups in total. The number of nitrogens with two attached hydrogens (primary N) is 1. The molecule has 0 aromatic carbocycles. The third-order valence-electron chi connectivity index (χ3n) is 2.79. The fraction of sp³-hybridized carbons (Fsp3) is 0.500. The van der Waals surface area contributed by atoms with Crippen LogP contribution >= 0.6 is 0 Å². The third-order valence-corrected chi connectivity index (χ3v) is 2.79. The Kier molecular flexibility index (Phi) is 2.64. The summed E-state index contributed by atoms with van der Waals surface area (Å²) in [6, 6.07) is 0.304. The number of anilines is 1. The SMILES string of the molecule is CCC(CC)n1cnc2c(=O)[nH]c(N)nc21. The first kappa shape index (κ1) is 10.7. The van der Waals surface area contributed by atoms with Crippen molar-refractivity contribution in [1.29, 1.82) is 0 Å². The Balaban J connectivity index is 2.68. The molecule has 2 aromatic rings. The highest BCUT2D eigenvalue weighted by Crippen LogP contribution is 2.19. The molecule has 2 heterocycles. The van der Waals surface area contributed by atoms with E-state index in [1.54, 1.807) is 6.33 Å². The van der Waals surface area contributed by atoms with Crippen LogP contribution in [0.4, 0.5) is 5.95 Å². The average Bonchev–Trinajstić information content (AvgIpc) is 2.64. The summed E-state index contributed by atoms with van der Waals surface area (Å²) in [5.41, 5.74) is 6.16. The van der Waals surface area contributed by atoms with Crippen molar-refractivity contribution in [2.24, 2.45) is 0 Å². The molecule has 0 saturated heterocycles. The van der Waals surface area contributed by atoms with Gasteiger partial charge in [-0.2, -0.15) is 4.98 Å². The van der Waals surface area contributed by atoms with Crippen molar-refractivity contribution in [2.45, 2.75) is 32.7 Å². The topological polar surface area (TPSA) is 89.6 Å². The first-order valence-corrected chi connectivity index (χ1v) is 5.39. The molecule has 0 atom stereocenters. The predicted molar refractivity (Wildman–Crippen MR) is 62.2 cm³/mol. The van der Waals surface area contributed by atoms with Crippen LogP contribution in [0.3, 0.4) is 0 Å². The van der Waals surface area contributed by atoms with E-state index in [1.807, 2.05) is 4.57 Å². The van der Waals surface area contributed by atoms with Crippen LogP contribution in [-0.2, 0) is 0 Å². The van der Waals surface area contributed by atoms with Gasteiger partial charge in [0, 0.05) is 6.04 Å². The van der Waals surface area contributed by atoms with Crippen LogP contribution in [-0.4, -0.2) is 19.5 Å². The maximum atomic E-state index is 11.6. The van der Waals surface area contributed by atoms with Gasteiger partial charge < -0.3 is 10.3 Å². The van der Waals surface area contributed by atoms with Crippen molar-refractivity contribution in [2.75, 3.05) is 5.73 Å². The van der Waals surface area contributed by atoms with Crippen LogP contribution in [0.1, 0.15) is 32.7 Å². The molecule has 0 amide bonds. The zero-order valence-electron chi connectivity index (χ0n) is 9.40. The summed E-state index contributed by atoms with van der Waals surface area (Å²) < 4.78 is 1.92. The largest absolute Gasteiger partial charge is 0.369 e. The van der Waals surface area contributed by atoms with Crippen molar-refractivity contribution >= 4 is 17.1 Å². The summed E-state index contributed by atoms with van der Waals surface area (Å²) in [6.07, 6.45) is 3.59. The Bertz CT molecular complexity index is 552. The Labute approximate surface area is 92.5 Å². The molecule has 0 fully saturated rings. The van der Waals surface area contributed by atoms with Crippen LogP contribution in [0, 0.1) is 0 Å².